The third kappa shape index (κ3) is 2.96. The molecule has 1 amide bonds. The Kier molecular flexibility index (Phi) is 3.11. The zero-order chi connectivity index (χ0) is 12.6. The Labute approximate surface area is 108 Å². The molecule has 0 unspecified atom stereocenters. The van der Waals surface area contributed by atoms with E-state index in [1.807, 2.05) is 20.8 Å². The first-order valence-electron chi connectivity index (χ1n) is 5.40. The maximum Gasteiger partial charge on any atom is 0.410 e. The molecule has 1 aromatic heterocycles. The minimum Gasteiger partial charge on any atom is -0.444 e. The first-order chi connectivity index (χ1) is 7.85. The monoisotopic (exact) mass is 302 g/mol. The van der Waals surface area contributed by atoms with Gasteiger partial charge in [0.05, 0.1) is 19.3 Å². The van der Waals surface area contributed by atoms with Crippen LogP contribution in [0.5, 0.6) is 0 Å². The minimum absolute atomic E-state index is 0.147. The summed E-state index contributed by atoms with van der Waals surface area (Å²) in [6.07, 6.45) is 1.36. The van der Waals surface area contributed by atoms with Crippen molar-refractivity contribution < 1.29 is 9.53 Å². The van der Waals surface area contributed by atoms with Gasteiger partial charge in [-0.15, -0.1) is 5.10 Å². The van der Waals surface area contributed by atoms with Crippen LogP contribution in [0.4, 0.5) is 4.79 Å². The Morgan fingerprint density at radius 3 is 2.65 bits per heavy atom. The number of carbonyl (C=O) groups is 1. The fourth-order valence-corrected chi connectivity index (χ4v) is 1.76. The number of nitrogens with zero attached hydrogens (tertiary/aromatic N) is 4. The lowest BCUT2D eigenvalue weighted by atomic mass is 10.1. The number of hydrogen-bond donors (Lipinski definition) is 0. The van der Waals surface area contributed by atoms with Crippen LogP contribution in [0, 0.1) is 0 Å². The average molecular weight is 303 g/mol. The highest BCUT2D eigenvalue weighted by Crippen LogP contribution is 2.22. The van der Waals surface area contributed by atoms with Crippen molar-refractivity contribution >= 4 is 22.0 Å². The summed E-state index contributed by atoms with van der Waals surface area (Å²) in [5, 5.41) is 8.23. The summed E-state index contributed by atoms with van der Waals surface area (Å²) in [4.78, 5) is 14.9. The van der Waals surface area contributed by atoms with E-state index in [-0.39, 0.29) is 12.1 Å². The maximum absolute atomic E-state index is 11.7. The smallest absolute Gasteiger partial charge is 0.410 e. The molecule has 0 N–H and O–H groups in total. The molecule has 0 aromatic carbocycles. The third-order valence-electron chi connectivity index (χ3n) is 2.32. The molecule has 7 heteroatoms. The predicted octanol–water partition coefficient (Wildman–Crippen LogP) is 1.83. The van der Waals surface area contributed by atoms with Crippen molar-refractivity contribution in [3.05, 3.63) is 10.8 Å². The molecule has 0 aliphatic carbocycles. The van der Waals surface area contributed by atoms with Crippen molar-refractivity contribution in [3.63, 3.8) is 0 Å². The molecule has 0 atom stereocenters. The van der Waals surface area contributed by atoms with Crippen molar-refractivity contribution in [3.8, 4) is 0 Å². The van der Waals surface area contributed by atoms with E-state index in [0.717, 1.165) is 0 Å². The fourth-order valence-electron chi connectivity index (χ4n) is 1.51. The van der Waals surface area contributed by atoms with Gasteiger partial charge in [-0.2, -0.15) is 9.90 Å². The van der Waals surface area contributed by atoms with Gasteiger partial charge in [0.25, 0.3) is 0 Å². The van der Waals surface area contributed by atoms with Crippen LogP contribution in [-0.2, 0) is 4.74 Å². The van der Waals surface area contributed by atoms with Gasteiger partial charge >= 0.3 is 6.09 Å². The second-order valence-corrected chi connectivity index (χ2v) is 5.84. The lowest BCUT2D eigenvalue weighted by Crippen LogP contribution is -2.52. The predicted molar refractivity (Wildman–Crippen MR) is 64.6 cm³/mol. The number of amides is 1. The van der Waals surface area contributed by atoms with Crippen LogP contribution in [0.1, 0.15) is 26.8 Å². The van der Waals surface area contributed by atoms with E-state index < -0.39 is 5.60 Å². The van der Waals surface area contributed by atoms with Crippen LogP contribution in [-0.4, -0.2) is 44.7 Å². The second-order valence-electron chi connectivity index (χ2n) is 5.03. The van der Waals surface area contributed by atoms with Crippen LogP contribution in [0.3, 0.4) is 0 Å². The SMILES string of the molecule is CC(C)(C)OC(=O)N1CC(n2ncc(Br)n2)C1. The Morgan fingerprint density at radius 1 is 1.53 bits per heavy atom. The minimum atomic E-state index is -0.449. The molecule has 0 spiro atoms. The van der Waals surface area contributed by atoms with E-state index in [4.69, 9.17) is 4.74 Å². The van der Waals surface area contributed by atoms with Gasteiger partial charge in [0.2, 0.25) is 0 Å². The van der Waals surface area contributed by atoms with E-state index in [1.54, 1.807) is 15.9 Å². The lowest BCUT2D eigenvalue weighted by molar-refractivity contribution is -0.00227. The summed E-state index contributed by atoms with van der Waals surface area (Å²) < 4.78 is 5.96. The molecular weight excluding hydrogens is 288 g/mol. The Bertz CT molecular complexity index is 420. The molecule has 1 aliphatic heterocycles. The van der Waals surface area contributed by atoms with Gasteiger partial charge in [0.15, 0.2) is 0 Å². The fraction of sp³-hybridized carbons (Fsp3) is 0.700. The van der Waals surface area contributed by atoms with E-state index >= 15 is 0 Å². The van der Waals surface area contributed by atoms with Crippen LogP contribution >= 0.6 is 15.9 Å². The molecule has 1 fully saturated rings. The van der Waals surface area contributed by atoms with E-state index in [9.17, 15) is 4.79 Å². The van der Waals surface area contributed by atoms with Crippen molar-refractivity contribution in [2.45, 2.75) is 32.4 Å². The van der Waals surface area contributed by atoms with Gasteiger partial charge in [-0.1, -0.05) is 0 Å². The molecule has 17 heavy (non-hydrogen) atoms. The molecule has 0 radical (unpaired) electrons. The van der Waals surface area contributed by atoms with Gasteiger partial charge < -0.3 is 9.64 Å². The number of aromatic nitrogens is 3. The first-order valence-corrected chi connectivity index (χ1v) is 6.20. The largest absolute Gasteiger partial charge is 0.444 e. The van der Waals surface area contributed by atoms with Gasteiger partial charge in [-0.3, -0.25) is 0 Å². The number of likely N-dealkylation sites (tertiary alicyclic amines) is 1. The molecule has 2 rings (SSSR count). The topological polar surface area (TPSA) is 60.2 Å². The van der Waals surface area contributed by atoms with Gasteiger partial charge in [0.1, 0.15) is 16.2 Å². The molecule has 1 aromatic rings. The van der Waals surface area contributed by atoms with Crippen molar-refractivity contribution in [1.29, 1.82) is 0 Å². The quantitative estimate of drug-likeness (QED) is 0.794. The van der Waals surface area contributed by atoms with Crippen molar-refractivity contribution in [2.75, 3.05) is 13.1 Å². The van der Waals surface area contributed by atoms with Crippen molar-refractivity contribution in [1.82, 2.24) is 19.9 Å². The van der Waals surface area contributed by atoms with Crippen LogP contribution in [0.2, 0.25) is 0 Å². The molecular formula is C10H15BrN4O2. The number of halogens is 1. The van der Waals surface area contributed by atoms with Gasteiger partial charge in [-0.05, 0) is 36.7 Å². The van der Waals surface area contributed by atoms with Crippen LogP contribution in [0.25, 0.3) is 0 Å². The summed E-state index contributed by atoms with van der Waals surface area (Å²) >= 11 is 3.24. The van der Waals surface area contributed by atoms with E-state index in [1.165, 1.54) is 0 Å². The van der Waals surface area contributed by atoms with Gasteiger partial charge in [-0.25, -0.2) is 4.79 Å². The first kappa shape index (κ1) is 12.3. The Morgan fingerprint density at radius 2 is 2.18 bits per heavy atom. The number of rotatable bonds is 1. The molecule has 0 saturated carbocycles. The summed E-state index contributed by atoms with van der Waals surface area (Å²) in [6, 6.07) is 0.147. The number of hydrogen-bond acceptors (Lipinski definition) is 4. The third-order valence-corrected chi connectivity index (χ3v) is 2.68. The highest BCUT2D eigenvalue weighted by Gasteiger charge is 2.35. The van der Waals surface area contributed by atoms with E-state index in [0.29, 0.717) is 17.7 Å². The van der Waals surface area contributed by atoms with Crippen LogP contribution in [0.15, 0.2) is 10.8 Å². The summed E-state index contributed by atoms with van der Waals surface area (Å²) in [6.45, 7) is 6.75. The van der Waals surface area contributed by atoms with Crippen LogP contribution < -0.4 is 0 Å². The normalized spacial score (nSPS) is 16.8. The average Bonchev–Trinajstić information content (AvgIpc) is 2.45. The Hall–Kier alpha value is -1.11. The molecule has 94 valence electrons. The van der Waals surface area contributed by atoms with Crippen molar-refractivity contribution in [2.24, 2.45) is 0 Å². The maximum atomic E-state index is 11.7. The second kappa shape index (κ2) is 4.29. The summed E-state index contributed by atoms with van der Waals surface area (Å²) in [5.41, 5.74) is -0.449. The molecule has 1 saturated heterocycles. The molecule has 1 aliphatic rings. The molecule has 0 bridgehead atoms. The van der Waals surface area contributed by atoms with Gasteiger partial charge in [0, 0.05) is 0 Å². The number of carbonyl (C=O) groups excluding carboxylic acids is 1. The number of ether oxygens (including phenoxy) is 1. The lowest BCUT2D eigenvalue weighted by Gasteiger charge is -2.38. The zero-order valence-electron chi connectivity index (χ0n) is 10.1. The highest BCUT2D eigenvalue weighted by molar-refractivity contribution is 9.10. The Balaban J connectivity index is 1.85. The summed E-state index contributed by atoms with van der Waals surface area (Å²) in [5.74, 6) is 0. The highest BCUT2D eigenvalue weighted by atomic mass is 79.9. The van der Waals surface area contributed by atoms with E-state index in [2.05, 4.69) is 26.1 Å². The summed E-state index contributed by atoms with van der Waals surface area (Å²) in [7, 11) is 0. The standard InChI is InChI=1S/C10H15BrN4O2/c1-10(2,3)17-9(16)14-5-7(6-14)15-12-4-8(11)13-15/h4,7H,5-6H2,1-3H3. The molecule has 6 nitrogen and oxygen atoms in total. The molecule has 2 heterocycles. The zero-order valence-corrected chi connectivity index (χ0v) is 11.6.